The summed E-state index contributed by atoms with van der Waals surface area (Å²) in [6.07, 6.45) is 1.42. The van der Waals surface area contributed by atoms with Crippen molar-refractivity contribution in [2.24, 2.45) is 0 Å². The normalized spacial score (nSPS) is 10.3. The van der Waals surface area contributed by atoms with Gasteiger partial charge in [-0.1, -0.05) is 23.7 Å². The highest BCUT2D eigenvalue weighted by Gasteiger charge is 2.12. The second-order valence-electron chi connectivity index (χ2n) is 6.49. The molecule has 0 saturated carbocycles. The molecule has 2 amide bonds. The van der Waals surface area contributed by atoms with Gasteiger partial charge in [-0.15, -0.1) is 0 Å². The molecule has 0 unspecified atom stereocenters. The highest BCUT2D eigenvalue weighted by molar-refractivity contribution is 6.31. The summed E-state index contributed by atoms with van der Waals surface area (Å²) >= 11 is 6.04. The lowest BCUT2D eigenvalue weighted by atomic mass is 10.2. The Hall–Kier alpha value is -3.45. The minimum absolute atomic E-state index is 0.0235. The number of benzene rings is 2. The van der Waals surface area contributed by atoms with Crippen LogP contribution in [-0.4, -0.2) is 31.5 Å². The number of hydrogen-bond donors (Lipinski definition) is 3. The predicted molar refractivity (Wildman–Crippen MR) is 116 cm³/mol. The molecule has 0 saturated heterocycles. The monoisotopic (exact) mass is 427 g/mol. The van der Waals surface area contributed by atoms with Gasteiger partial charge in [-0.05, 0) is 55.0 Å². The molecule has 1 heterocycles. The number of carbonyl (C=O) groups is 2. The van der Waals surface area contributed by atoms with E-state index in [0.29, 0.717) is 29.5 Å². The van der Waals surface area contributed by atoms with E-state index in [9.17, 15) is 9.59 Å². The van der Waals surface area contributed by atoms with Crippen molar-refractivity contribution >= 4 is 34.8 Å². The van der Waals surface area contributed by atoms with E-state index >= 15 is 0 Å². The molecule has 3 N–H and O–H groups in total. The van der Waals surface area contributed by atoms with Crippen LogP contribution in [0.1, 0.15) is 16.1 Å². The Labute approximate surface area is 179 Å². The van der Waals surface area contributed by atoms with E-state index in [1.807, 2.05) is 31.2 Å². The van der Waals surface area contributed by atoms with E-state index in [1.54, 1.807) is 30.3 Å². The van der Waals surface area contributed by atoms with Crippen LogP contribution in [0.25, 0.3) is 0 Å². The molecule has 3 rings (SSSR count). The van der Waals surface area contributed by atoms with Crippen molar-refractivity contribution in [1.82, 2.24) is 5.32 Å². The van der Waals surface area contributed by atoms with Crippen molar-refractivity contribution in [3.05, 3.63) is 77.2 Å². The summed E-state index contributed by atoms with van der Waals surface area (Å²) in [7, 11) is 0. The van der Waals surface area contributed by atoms with Crippen LogP contribution in [0.2, 0.25) is 5.02 Å². The smallest absolute Gasteiger partial charge is 0.291 e. The number of rotatable bonds is 9. The Bertz CT molecular complexity index is 1010. The third-order valence-corrected chi connectivity index (χ3v) is 4.33. The van der Waals surface area contributed by atoms with E-state index in [2.05, 4.69) is 16.0 Å². The number of amides is 2. The quantitative estimate of drug-likeness (QED) is 0.447. The highest BCUT2D eigenvalue weighted by atomic mass is 35.5. The molecular formula is C22H22ClN3O4. The number of carbonyl (C=O) groups excluding carboxylic acids is 2. The Morgan fingerprint density at radius 1 is 1.07 bits per heavy atom. The first-order valence-electron chi connectivity index (χ1n) is 9.36. The molecule has 8 heteroatoms. The standard InChI is InChI=1S/C22H22ClN3O4/c1-15-4-2-5-17(12-15)29-11-9-24-21(27)14-25-18-8-7-16(23)13-19(18)26-22(28)20-6-3-10-30-20/h2-8,10,12-13,25H,9,11,14H2,1H3,(H,24,27)(H,26,28). The number of aryl methyl sites for hydroxylation is 1. The molecule has 0 spiro atoms. The van der Waals surface area contributed by atoms with Gasteiger partial charge in [-0.2, -0.15) is 0 Å². The first-order chi connectivity index (χ1) is 14.5. The molecule has 30 heavy (non-hydrogen) atoms. The minimum Gasteiger partial charge on any atom is -0.492 e. The van der Waals surface area contributed by atoms with Gasteiger partial charge in [0, 0.05) is 5.02 Å². The Balaban J connectivity index is 1.47. The first-order valence-corrected chi connectivity index (χ1v) is 9.73. The van der Waals surface area contributed by atoms with Crippen molar-refractivity contribution in [1.29, 1.82) is 0 Å². The van der Waals surface area contributed by atoms with Gasteiger partial charge in [0.1, 0.15) is 12.4 Å². The van der Waals surface area contributed by atoms with Gasteiger partial charge in [0.05, 0.1) is 30.7 Å². The van der Waals surface area contributed by atoms with E-state index in [0.717, 1.165) is 11.3 Å². The summed E-state index contributed by atoms with van der Waals surface area (Å²) in [6.45, 7) is 2.75. The van der Waals surface area contributed by atoms with E-state index in [1.165, 1.54) is 6.26 Å². The highest BCUT2D eigenvalue weighted by Crippen LogP contribution is 2.26. The number of hydrogen-bond acceptors (Lipinski definition) is 5. The number of halogens is 1. The molecule has 7 nitrogen and oxygen atoms in total. The Kier molecular flexibility index (Phi) is 7.34. The van der Waals surface area contributed by atoms with Crippen LogP contribution in [-0.2, 0) is 4.79 Å². The van der Waals surface area contributed by atoms with Crippen LogP contribution in [0.15, 0.2) is 65.3 Å². The maximum atomic E-state index is 12.2. The number of nitrogens with one attached hydrogen (secondary N) is 3. The Morgan fingerprint density at radius 3 is 2.70 bits per heavy atom. The second-order valence-corrected chi connectivity index (χ2v) is 6.93. The zero-order valence-electron chi connectivity index (χ0n) is 16.4. The number of anilines is 2. The van der Waals surface area contributed by atoms with E-state index in [4.69, 9.17) is 20.8 Å². The molecule has 156 valence electrons. The third kappa shape index (κ3) is 6.28. The summed E-state index contributed by atoms with van der Waals surface area (Å²) in [4.78, 5) is 24.3. The van der Waals surface area contributed by atoms with Gasteiger partial charge in [-0.25, -0.2) is 0 Å². The maximum Gasteiger partial charge on any atom is 0.291 e. The van der Waals surface area contributed by atoms with Gasteiger partial charge in [0.25, 0.3) is 5.91 Å². The first kappa shape index (κ1) is 21.3. The van der Waals surface area contributed by atoms with Crippen molar-refractivity contribution in [3.63, 3.8) is 0 Å². The van der Waals surface area contributed by atoms with Crippen molar-refractivity contribution < 1.29 is 18.7 Å². The lowest BCUT2D eigenvalue weighted by Crippen LogP contribution is -2.33. The zero-order valence-corrected chi connectivity index (χ0v) is 17.2. The Morgan fingerprint density at radius 2 is 1.93 bits per heavy atom. The average molecular weight is 428 g/mol. The molecule has 0 bridgehead atoms. The average Bonchev–Trinajstić information content (AvgIpc) is 3.26. The fourth-order valence-electron chi connectivity index (χ4n) is 2.67. The van der Waals surface area contributed by atoms with Gasteiger partial charge in [-0.3, -0.25) is 9.59 Å². The van der Waals surface area contributed by atoms with Gasteiger partial charge in [0.2, 0.25) is 5.91 Å². The SMILES string of the molecule is Cc1cccc(OCCNC(=O)CNc2ccc(Cl)cc2NC(=O)c2ccco2)c1. The molecule has 0 radical (unpaired) electrons. The molecule has 3 aromatic rings. The van der Waals surface area contributed by atoms with Gasteiger partial charge < -0.3 is 25.1 Å². The largest absolute Gasteiger partial charge is 0.492 e. The molecule has 0 atom stereocenters. The summed E-state index contributed by atoms with van der Waals surface area (Å²) in [5.41, 5.74) is 2.11. The summed E-state index contributed by atoms with van der Waals surface area (Å²) in [5, 5.41) is 8.95. The molecule has 1 aromatic heterocycles. The van der Waals surface area contributed by atoms with Crippen LogP contribution in [0.4, 0.5) is 11.4 Å². The summed E-state index contributed by atoms with van der Waals surface area (Å²) in [5.74, 6) is 0.317. The lowest BCUT2D eigenvalue weighted by Gasteiger charge is -2.13. The van der Waals surface area contributed by atoms with Crippen LogP contribution in [0.3, 0.4) is 0 Å². The topological polar surface area (TPSA) is 92.6 Å². The van der Waals surface area contributed by atoms with Gasteiger partial charge in [0.15, 0.2) is 5.76 Å². The molecule has 0 aliphatic rings. The number of ether oxygens (including phenoxy) is 1. The molecular weight excluding hydrogens is 406 g/mol. The van der Waals surface area contributed by atoms with Crippen molar-refractivity contribution in [2.75, 3.05) is 30.3 Å². The molecule has 0 fully saturated rings. The van der Waals surface area contributed by atoms with Crippen molar-refractivity contribution in [2.45, 2.75) is 6.92 Å². The lowest BCUT2D eigenvalue weighted by molar-refractivity contribution is -0.119. The van der Waals surface area contributed by atoms with Crippen LogP contribution >= 0.6 is 11.6 Å². The molecule has 0 aliphatic heterocycles. The molecule has 2 aromatic carbocycles. The molecule has 0 aliphatic carbocycles. The predicted octanol–water partition coefficient (Wildman–Crippen LogP) is 4.10. The van der Waals surface area contributed by atoms with Crippen LogP contribution in [0, 0.1) is 6.92 Å². The second kappa shape index (κ2) is 10.4. The fourth-order valence-corrected chi connectivity index (χ4v) is 2.84. The maximum absolute atomic E-state index is 12.2. The van der Waals surface area contributed by atoms with Crippen LogP contribution < -0.4 is 20.7 Å². The minimum atomic E-state index is -0.414. The fraction of sp³-hybridized carbons (Fsp3) is 0.182. The van der Waals surface area contributed by atoms with Crippen LogP contribution in [0.5, 0.6) is 5.75 Å². The van der Waals surface area contributed by atoms with E-state index < -0.39 is 5.91 Å². The summed E-state index contributed by atoms with van der Waals surface area (Å²) in [6, 6.07) is 15.8. The number of furan rings is 1. The van der Waals surface area contributed by atoms with Crippen molar-refractivity contribution in [3.8, 4) is 5.75 Å². The summed E-state index contributed by atoms with van der Waals surface area (Å²) < 4.78 is 10.7. The third-order valence-electron chi connectivity index (χ3n) is 4.10. The van der Waals surface area contributed by atoms with E-state index in [-0.39, 0.29) is 18.2 Å². The van der Waals surface area contributed by atoms with Gasteiger partial charge >= 0.3 is 0 Å². The zero-order chi connectivity index (χ0) is 21.3.